The Balaban J connectivity index is 2.46. The van der Waals surface area contributed by atoms with Gasteiger partial charge in [0.05, 0.1) is 4.90 Å². The number of nitrogens with one attached hydrogen (secondary N) is 1. The van der Waals surface area contributed by atoms with Crippen LogP contribution >= 0.6 is 0 Å². The van der Waals surface area contributed by atoms with E-state index in [-0.39, 0.29) is 10.7 Å². The van der Waals surface area contributed by atoms with Crippen LogP contribution in [0.1, 0.15) is 12.1 Å². The zero-order valence-corrected chi connectivity index (χ0v) is 10.5. The highest BCUT2D eigenvalue weighted by Gasteiger charge is 2.14. The minimum absolute atomic E-state index is 0.0232. The van der Waals surface area contributed by atoms with E-state index in [4.69, 9.17) is 0 Å². The molecule has 0 saturated carbocycles. The molecule has 0 aliphatic heterocycles. The summed E-state index contributed by atoms with van der Waals surface area (Å²) in [7, 11) is -3.40. The van der Waals surface area contributed by atoms with Crippen molar-refractivity contribution in [3.05, 3.63) is 40.4 Å². The highest BCUT2D eigenvalue weighted by Crippen LogP contribution is 2.15. The average Bonchev–Trinajstić information content (AvgIpc) is 2.70. The molecule has 0 aliphatic rings. The minimum Gasteiger partial charge on any atom is -0.288 e. The quantitative estimate of drug-likeness (QED) is 0.909. The summed E-state index contributed by atoms with van der Waals surface area (Å²) in [4.78, 5) is 15.2. The number of rotatable bonds is 3. The maximum Gasteiger partial charge on any atom is 0.279 e. The molecule has 0 atom stereocenters. The summed E-state index contributed by atoms with van der Waals surface area (Å²) in [6.45, 7) is 0. The molecule has 1 N–H and O–H groups in total. The van der Waals surface area contributed by atoms with Gasteiger partial charge in [0.25, 0.3) is 12.0 Å². The van der Waals surface area contributed by atoms with Crippen molar-refractivity contribution in [1.29, 1.82) is 0 Å². The van der Waals surface area contributed by atoms with Gasteiger partial charge in [-0.2, -0.15) is 0 Å². The van der Waals surface area contributed by atoms with Gasteiger partial charge in [0, 0.05) is 18.5 Å². The third kappa shape index (κ3) is 2.70. The third-order valence-corrected chi connectivity index (χ3v) is 3.45. The van der Waals surface area contributed by atoms with Gasteiger partial charge in [-0.3, -0.25) is 9.89 Å². The molecule has 0 aromatic carbocycles. The van der Waals surface area contributed by atoms with Crippen molar-refractivity contribution in [3.63, 3.8) is 0 Å². The molecular formula is C10H9F2N3O3S. The Morgan fingerprint density at radius 3 is 2.47 bits per heavy atom. The predicted octanol–water partition coefficient (Wildman–Crippen LogP) is 0.902. The molecule has 2 heterocycles. The number of aromatic nitrogens is 3. The lowest BCUT2D eigenvalue weighted by molar-refractivity contribution is 0.145. The monoisotopic (exact) mass is 289 g/mol. The first-order valence-corrected chi connectivity index (χ1v) is 6.95. The molecule has 6 nitrogen and oxygen atoms in total. The van der Waals surface area contributed by atoms with Crippen molar-refractivity contribution in [1.82, 2.24) is 14.8 Å². The van der Waals surface area contributed by atoms with Crippen molar-refractivity contribution in [3.8, 4) is 5.82 Å². The van der Waals surface area contributed by atoms with Gasteiger partial charge < -0.3 is 0 Å². The van der Waals surface area contributed by atoms with Crippen LogP contribution in [0.2, 0.25) is 0 Å². The van der Waals surface area contributed by atoms with Crippen LogP contribution in [0, 0.1) is 0 Å². The lowest BCUT2D eigenvalue weighted by Crippen LogP contribution is -2.15. The van der Waals surface area contributed by atoms with Crippen molar-refractivity contribution in [2.24, 2.45) is 0 Å². The van der Waals surface area contributed by atoms with Crippen molar-refractivity contribution >= 4 is 9.84 Å². The zero-order chi connectivity index (χ0) is 14.2. The molecule has 2 aromatic rings. The normalized spacial score (nSPS) is 12.0. The zero-order valence-electron chi connectivity index (χ0n) is 9.67. The number of pyridine rings is 1. The predicted molar refractivity (Wildman–Crippen MR) is 62.3 cm³/mol. The first-order valence-electron chi connectivity index (χ1n) is 5.05. The second kappa shape index (κ2) is 4.57. The smallest absolute Gasteiger partial charge is 0.279 e. The van der Waals surface area contributed by atoms with Gasteiger partial charge in [-0.25, -0.2) is 26.9 Å². The van der Waals surface area contributed by atoms with E-state index in [1.54, 1.807) is 0 Å². The summed E-state index contributed by atoms with van der Waals surface area (Å²) in [5.41, 5.74) is -1.23. The Kier molecular flexibility index (Phi) is 3.23. The van der Waals surface area contributed by atoms with E-state index in [2.05, 4.69) is 10.1 Å². The number of hydrogen-bond acceptors (Lipinski definition) is 4. The Hall–Kier alpha value is -2.03. The second-order valence-electron chi connectivity index (χ2n) is 3.81. The fourth-order valence-electron chi connectivity index (χ4n) is 1.42. The summed E-state index contributed by atoms with van der Waals surface area (Å²) < 4.78 is 48.1. The largest absolute Gasteiger partial charge is 0.288 e. The Labute approximate surface area is 106 Å². The van der Waals surface area contributed by atoms with Crippen LogP contribution in [0.15, 0.2) is 34.1 Å². The molecule has 0 unspecified atom stereocenters. The van der Waals surface area contributed by atoms with Crippen LogP contribution in [0.3, 0.4) is 0 Å². The molecule has 2 rings (SSSR count). The van der Waals surface area contributed by atoms with Crippen LogP contribution in [0.4, 0.5) is 8.78 Å². The fraction of sp³-hybridized carbons (Fsp3) is 0.200. The van der Waals surface area contributed by atoms with E-state index in [1.807, 2.05) is 0 Å². The highest BCUT2D eigenvalue weighted by molar-refractivity contribution is 7.90. The molecule has 102 valence electrons. The highest BCUT2D eigenvalue weighted by atomic mass is 32.2. The van der Waals surface area contributed by atoms with Crippen molar-refractivity contribution < 1.29 is 17.2 Å². The second-order valence-corrected chi connectivity index (χ2v) is 5.83. The molecule has 0 bridgehead atoms. The number of nitrogens with zero attached hydrogens (tertiary/aromatic N) is 2. The maximum absolute atomic E-state index is 12.4. The van der Waals surface area contributed by atoms with Gasteiger partial charge in [0.15, 0.2) is 15.7 Å². The Bertz CT molecular complexity index is 747. The molecule has 2 aromatic heterocycles. The topological polar surface area (TPSA) is 84.8 Å². The van der Waals surface area contributed by atoms with Crippen LogP contribution in [0.25, 0.3) is 5.82 Å². The molecule has 19 heavy (non-hydrogen) atoms. The summed E-state index contributed by atoms with van der Waals surface area (Å²) in [6, 6.07) is 3.26. The lowest BCUT2D eigenvalue weighted by atomic mass is 10.4. The first-order chi connectivity index (χ1) is 8.79. The maximum atomic E-state index is 12.4. The number of H-pyrrole nitrogens is 1. The minimum atomic E-state index is -3.40. The Morgan fingerprint density at radius 2 is 2.05 bits per heavy atom. The van der Waals surface area contributed by atoms with Gasteiger partial charge in [-0.1, -0.05) is 0 Å². The van der Waals surface area contributed by atoms with Gasteiger partial charge in [0.2, 0.25) is 0 Å². The van der Waals surface area contributed by atoms with Crippen LogP contribution < -0.4 is 5.56 Å². The molecule has 0 saturated heterocycles. The molecule has 0 radical (unpaired) electrons. The average molecular weight is 289 g/mol. The molecule has 9 heteroatoms. The van der Waals surface area contributed by atoms with Crippen molar-refractivity contribution in [2.75, 3.05) is 6.26 Å². The lowest BCUT2D eigenvalue weighted by Gasteiger charge is -2.02. The molecule has 0 amide bonds. The molecule has 0 aliphatic carbocycles. The van der Waals surface area contributed by atoms with Gasteiger partial charge in [-0.05, 0) is 12.1 Å². The van der Waals surface area contributed by atoms with E-state index < -0.39 is 27.5 Å². The molecule has 0 spiro atoms. The standard InChI is InChI=1S/C10H9F2N3O3S/c1-19(17,18)6-2-3-8(13-5-6)15-9(16)4-7(14-15)10(11)12/h2-5,10,14H,1H3. The summed E-state index contributed by atoms with van der Waals surface area (Å²) in [5, 5.41) is 2.20. The van der Waals surface area contributed by atoms with Gasteiger partial charge in [-0.15, -0.1) is 0 Å². The Morgan fingerprint density at radius 1 is 1.37 bits per heavy atom. The summed E-state index contributed by atoms with van der Waals surface area (Å²) >= 11 is 0. The van der Waals surface area contributed by atoms with Crippen LogP contribution in [0.5, 0.6) is 0 Å². The third-order valence-electron chi connectivity index (χ3n) is 2.35. The number of halogens is 2. The van der Waals surface area contributed by atoms with Crippen molar-refractivity contribution in [2.45, 2.75) is 11.3 Å². The van der Waals surface area contributed by atoms with Gasteiger partial charge in [0.1, 0.15) is 5.69 Å². The fourth-order valence-corrected chi connectivity index (χ4v) is 1.98. The summed E-state index contributed by atoms with van der Waals surface area (Å²) in [5.74, 6) is 0.0318. The number of sulfone groups is 1. The van der Waals surface area contributed by atoms with E-state index in [9.17, 15) is 22.0 Å². The van der Waals surface area contributed by atoms with E-state index in [1.165, 1.54) is 12.1 Å². The number of aromatic amines is 1. The first kappa shape index (κ1) is 13.4. The van der Waals surface area contributed by atoms with Crippen LogP contribution in [-0.4, -0.2) is 29.4 Å². The van der Waals surface area contributed by atoms with Crippen LogP contribution in [-0.2, 0) is 9.84 Å². The molecular weight excluding hydrogens is 280 g/mol. The number of hydrogen-bond donors (Lipinski definition) is 1. The SMILES string of the molecule is CS(=O)(=O)c1ccc(-n2[nH]c(C(F)F)cc2=O)nc1. The van der Waals surface area contributed by atoms with E-state index in [0.29, 0.717) is 0 Å². The summed E-state index contributed by atoms with van der Waals surface area (Å²) in [6.07, 6.45) is -0.733. The van der Waals surface area contributed by atoms with E-state index in [0.717, 1.165) is 23.2 Å². The number of alkyl halides is 2. The van der Waals surface area contributed by atoms with Gasteiger partial charge >= 0.3 is 0 Å². The van der Waals surface area contributed by atoms with E-state index >= 15 is 0 Å². The molecule has 0 fully saturated rings.